The van der Waals surface area contributed by atoms with Gasteiger partial charge >= 0.3 is 0 Å². The monoisotopic (exact) mass is 584 g/mol. The molecule has 1 aliphatic heterocycles. The zero-order valence-electron chi connectivity index (χ0n) is 22.5. The number of hydrogen-bond acceptors (Lipinski definition) is 8. The maximum Gasteiger partial charge on any atom is 0.232 e. The summed E-state index contributed by atoms with van der Waals surface area (Å²) in [5.74, 6) is -0.121. The predicted octanol–water partition coefficient (Wildman–Crippen LogP) is 5.99. The number of piperidine rings is 1. The lowest BCUT2D eigenvalue weighted by atomic mass is 9.96. The number of ether oxygens (including phenoxy) is 2. The van der Waals surface area contributed by atoms with Gasteiger partial charge in [-0.15, -0.1) is 0 Å². The molecule has 2 aromatic carbocycles. The fourth-order valence-electron chi connectivity index (χ4n) is 4.74. The molecule has 5 N–H and O–H groups in total. The predicted molar refractivity (Wildman–Crippen MR) is 155 cm³/mol. The second-order valence-electron chi connectivity index (χ2n) is 10.0. The molecule has 3 aromatic rings. The normalized spacial score (nSPS) is 15.1. The molecular weight excluding hydrogens is 554 g/mol. The number of nitrogens with one attached hydrogen (secondary N) is 1. The number of halogens is 3. The number of nitriles is 1. The van der Waals surface area contributed by atoms with Crippen molar-refractivity contribution in [2.75, 3.05) is 18.8 Å². The number of benzene rings is 2. The molecule has 0 bridgehead atoms. The van der Waals surface area contributed by atoms with E-state index in [1.807, 2.05) is 6.92 Å². The molecule has 0 amide bonds. The fraction of sp³-hybridized carbons (Fsp3) is 0.345. The van der Waals surface area contributed by atoms with Crippen LogP contribution in [0.5, 0.6) is 11.5 Å². The summed E-state index contributed by atoms with van der Waals surface area (Å²) in [6.07, 6.45) is 1.68. The van der Waals surface area contributed by atoms with Crippen LogP contribution in [0.15, 0.2) is 36.5 Å². The minimum Gasteiger partial charge on any atom is -0.489 e. The van der Waals surface area contributed by atoms with Gasteiger partial charge in [0.2, 0.25) is 5.95 Å². The van der Waals surface area contributed by atoms with Gasteiger partial charge in [-0.2, -0.15) is 9.65 Å². The molecule has 0 radical (unpaired) electrons. The van der Waals surface area contributed by atoms with Crippen molar-refractivity contribution in [2.45, 2.75) is 52.0 Å². The topological polar surface area (TPSA) is 134 Å². The number of anilines is 1. The number of rotatable bonds is 8. The van der Waals surface area contributed by atoms with Gasteiger partial charge in [-0.3, -0.25) is 11.1 Å². The third-order valence-corrected chi connectivity index (χ3v) is 7.64. The number of nitrogens with two attached hydrogens (primary N) is 2. The van der Waals surface area contributed by atoms with Crippen LogP contribution in [0.1, 0.15) is 60.7 Å². The van der Waals surface area contributed by atoms with E-state index in [9.17, 15) is 9.65 Å². The van der Waals surface area contributed by atoms with E-state index in [4.69, 9.17) is 49.6 Å². The Balaban J connectivity index is 1.56. The number of nitrogen functional groups attached to an aromatic ring is 1. The highest BCUT2D eigenvalue weighted by Gasteiger charge is 2.25. The Kier molecular flexibility index (Phi) is 9.16. The van der Waals surface area contributed by atoms with E-state index in [1.165, 1.54) is 0 Å². The Bertz CT molecular complexity index is 1470. The number of aromatic nitrogens is 1. The molecule has 2 heterocycles. The minimum absolute atomic E-state index is 0.0238. The van der Waals surface area contributed by atoms with E-state index in [-0.39, 0.29) is 33.2 Å². The lowest BCUT2D eigenvalue weighted by Crippen LogP contribution is -2.41. The van der Waals surface area contributed by atoms with E-state index in [1.54, 1.807) is 30.3 Å². The van der Waals surface area contributed by atoms with Crippen molar-refractivity contribution < 1.29 is 13.9 Å². The minimum atomic E-state index is -1.21. The Morgan fingerprint density at radius 3 is 2.58 bits per heavy atom. The molecular formula is C29H31Cl2FN6O2. The molecule has 210 valence electrons. The highest BCUT2D eigenvalue weighted by Crippen LogP contribution is 2.34. The van der Waals surface area contributed by atoms with Gasteiger partial charge < -0.3 is 20.1 Å². The second kappa shape index (κ2) is 12.4. The molecule has 1 fully saturated rings. The standard InChI is InChI=1S/C29H31Cl2FN6O2/c1-15(2)38-8-6-19(7-9-38)39-27-16(3)10-17(11-18(27)13-33)26(35)21-12-20(4-5-23(21)34)40-29(36)24-22(30)14-37-28(32)25(24)31/h4-5,10-12,14-15,19,29,35H,6-9,34,36H2,1-3H3/t29-/m0/s1. The Hall–Kier alpha value is -3.42. The molecule has 11 heteroatoms. The summed E-state index contributed by atoms with van der Waals surface area (Å²) in [6.45, 7) is 8.12. The van der Waals surface area contributed by atoms with Crippen LogP contribution >= 0.6 is 23.2 Å². The zero-order chi connectivity index (χ0) is 29.1. The van der Waals surface area contributed by atoms with Crippen LogP contribution in [0.4, 0.5) is 10.1 Å². The first kappa shape index (κ1) is 29.6. The lowest BCUT2D eigenvalue weighted by molar-refractivity contribution is 0.0836. The van der Waals surface area contributed by atoms with Gasteiger partial charge in [0.1, 0.15) is 28.7 Å². The quantitative estimate of drug-likeness (QED) is 0.128. The van der Waals surface area contributed by atoms with E-state index >= 15 is 0 Å². The van der Waals surface area contributed by atoms with Crippen molar-refractivity contribution in [3.8, 4) is 17.6 Å². The average molecular weight is 586 g/mol. The second-order valence-corrected chi connectivity index (χ2v) is 10.8. The average Bonchev–Trinajstić information content (AvgIpc) is 2.93. The van der Waals surface area contributed by atoms with Gasteiger partial charge in [0, 0.05) is 42.1 Å². The molecule has 1 aromatic heterocycles. The van der Waals surface area contributed by atoms with E-state index in [0.717, 1.165) is 37.7 Å². The van der Waals surface area contributed by atoms with E-state index < -0.39 is 12.2 Å². The molecule has 1 saturated heterocycles. The van der Waals surface area contributed by atoms with Crippen LogP contribution in [-0.4, -0.2) is 40.8 Å². The molecule has 1 atom stereocenters. The van der Waals surface area contributed by atoms with Crippen molar-refractivity contribution in [1.29, 1.82) is 10.7 Å². The molecule has 4 rings (SSSR count). The maximum atomic E-state index is 13.9. The number of pyridine rings is 1. The van der Waals surface area contributed by atoms with E-state index in [0.29, 0.717) is 34.2 Å². The third kappa shape index (κ3) is 6.31. The number of aryl methyl sites for hydroxylation is 1. The first-order valence-electron chi connectivity index (χ1n) is 12.9. The van der Waals surface area contributed by atoms with Gasteiger partial charge in [0.15, 0.2) is 6.23 Å². The fourth-order valence-corrected chi connectivity index (χ4v) is 5.29. The van der Waals surface area contributed by atoms with Crippen LogP contribution in [0, 0.1) is 29.6 Å². The lowest BCUT2D eigenvalue weighted by Gasteiger charge is -2.35. The SMILES string of the molecule is Cc1cc(C(=N)c2cc(O[C@H](N)c3c(Cl)cnc(F)c3Cl)ccc2N)cc(C#N)c1OC1CCN(C(C)C)CC1. The molecule has 0 aliphatic carbocycles. The Morgan fingerprint density at radius 1 is 1.23 bits per heavy atom. The molecule has 1 aliphatic rings. The van der Waals surface area contributed by atoms with Gasteiger partial charge in [-0.05, 0) is 69.5 Å². The molecule has 0 unspecified atom stereocenters. The van der Waals surface area contributed by atoms with Gasteiger partial charge in [-0.1, -0.05) is 23.2 Å². The maximum absolute atomic E-state index is 13.9. The number of hydrogen-bond donors (Lipinski definition) is 3. The zero-order valence-corrected chi connectivity index (χ0v) is 24.0. The highest BCUT2D eigenvalue weighted by molar-refractivity contribution is 6.35. The Morgan fingerprint density at radius 2 is 1.93 bits per heavy atom. The number of nitrogens with zero attached hydrogens (tertiary/aromatic N) is 3. The summed E-state index contributed by atoms with van der Waals surface area (Å²) in [4.78, 5) is 5.87. The Labute approximate surface area is 243 Å². The summed E-state index contributed by atoms with van der Waals surface area (Å²) < 4.78 is 26.0. The molecule has 0 spiro atoms. The van der Waals surface area contributed by atoms with Crippen LogP contribution in [0.2, 0.25) is 10.0 Å². The summed E-state index contributed by atoms with van der Waals surface area (Å²) >= 11 is 12.1. The molecule has 8 nitrogen and oxygen atoms in total. The number of likely N-dealkylation sites (tertiary alicyclic amines) is 1. The summed E-state index contributed by atoms with van der Waals surface area (Å²) in [6, 6.07) is 10.8. The van der Waals surface area contributed by atoms with Gasteiger partial charge in [0.05, 0.1) is 21.9 Å². The van der Waals surface area contributed by atoms with Crippen molar-refractivity contribution in [3.05, 3.63) is 80.3 Å². The van der Waals surface area contributed by atoms with Crippen LogP contribution in [0.3, 0.4) is 0 Å². The van der Waals surface area contributed by atoms with Gasteiger partial charge in [0.25, 0.3) is 0 Å². The van der Waals surface area contributed by atoms with Crippen molar-refractivity contribution in [1.82, 2.24) is 9.88 Å². The third-order valence-electron chi connectivity index (χ3n) is 6.98. The summed E-state index contributed by atoms with van der Waals surface area (Å²) in [5.41, 5.74) is 14.7. The van der Waals surface area contributed by atoms with Crippen molar-refractivity contribution >= 4 is 34.6 Å². The highest BCUT2D eigenvalue weighted by atomic mass is 35.5. The summed E-state index contributed by atoms with van der Waals surface area (Å²) in [5, 5.41) is 18.5. The smallest absolute Gasteiger partial charge is 0.232 e. The molecule has 0 saturated carbocycles. The first-order valence-corrected chi connectivity index (χ1v) is 13.6. The van der Waals surface area contributed by atoms with Gasteiger partial charge in [-0.25, -0.2) is 4.98 Å². The van der Waals surface area contributed by atoms with Crippen LogP contribution < -0.4 is 20.9 Å². The van der Waals surface area contributed by atoms with Crippen molar-refractivity contribution in [3.63, 3.8) is 0 Å². The first-order chi connectivity index (χ1) is 19.0. The van der Waals surface area contributed by atoms with Crippen molar-refractivity contribution in [2.24, 2.45) is 5.73 Å². The van der Waals surface area contributed by atoms with E-state index in [2.05, 4.69) is 29.8 Å². The largest absolute Gasteiger partial charge is 0.489 e. The van der Waals surface area contributed by atoms with Crippen LogP contribution in [-0.2, 0) is 0 Å². The molecule has 40 heavy (non-hydrogen) atoms. The van der Waals surface area contributed by atoms with Crippen LogP contribution in [0.25, 0.3) is 0 Å². The summed E-state index contributed by atoms with van der Waals surface area (Å²) in [7, 11) is 0.